The van der Waals surface area contributed by atoms with Crippen molar-refractivity contribution in [1.29, 1.82) is 0 Å². The van der Waals surface area contributed by atoms with Gasteiger partial charge in [-0.15, -0.1) is 0 Å². The first-order valence-corrected chi connectivity index (χ1v) is 10.3. The number of halogens is 2. The number of amides is 3. The van der Waals surface area contributed by atoms with Gasteiger partial charge in [0, 0.05) is 0 Å². The van der Waals surface area contributed by atoms with E-state index < -0.39 is 12.2 Å². The minimum absolute atomic E-state index is 0.0985. The highest BCUT2D eigenvalue weighted by atomic mass is 19.3. The monoisotopic (exact) mass is 410 g/mol. The smallest absolute Gasteiger partial charge is 0.387 e. The van der Waals surface area contributed by atoms with Gasteiger partial charge in [-0.05, 0) is 63.1 Å². The highest BCUT2D eigenvalue weighted by molar-refractivity contribution is 6.06. The van der Waals surface area contributed by atoms with Crippen molar-refractivity contribution in [2.24, 2.45) is 0 Å². The van der Waals surface area contributed by atoms with Crippen LogP contribution in [0.4, 0.5) is 13.6 Å². The van der Waals surface area contributed by atoms with Crippen LogP contribution in [0.1, 0.15) is 51.5 Å². The van der Waals surface area contributed by atoms with E-state index in [1.54, 1.807) is 19.1 Å². The molecule has 1 aromatic carbocycles. The van der Waals surface area contributed by atoms with Crippen LogP contribution in [-0.2, 0) is 11.2 Å². The highest BCUT2D eigenvalue weighted by Gasteiger charge is 2.49. The molecule has 2 N–H and O–H groups in total. The lowest BCUT2D eigenvalue weighted by Crippen LogP contribution is -3.18. The molecule has 3 atom stereocenters. The maximum Gasteiger partial charge on any atom is 0.387 e. The quantitative estimate of drug-likeness (QED) is 0.647. The number of piperidine rings is 1. The molecule has 6 nitrogen and oxygen atoms in total. The minimum atomic E-state index is -2.86. The van der Waals surface area contributed by atoms with Crippen molar-refractivity contribution in [2.75, 3.05) is 13.2 Å². The normalized spacial score (nSPS) is 27.4. The zero-order valence-electron chi connectivity index (χ0n) is 17.0. The number of aryl methyl sites for hydroxylation is 1. The molecule has 1 aromatic rings. The average Bonchev–Trinajstić information content (AvgIpc) is 2.91. The summed E-state index contributed by atoms with van der Waals surface area (Å²) >= 11 is 0. The standard InChI is InChI=1S/C21H29F2N3O3/c1-3-16-6-4-5-13-25(16)14-26-18(27)21(2,24-20(26)28)12-11-15-7-9-17(10-8-15)29-19(22)23/h7-10,16,19H,3-6,11-14H2,1-2H3,(H,24,28)/p+1/t16-,21-/m1/s1. The summed E-state index contributed by atoms with van der Waals surface area (Å²) in [6.45, 7) is 2.46. The number of nitrogens with one attached hydrogen (secondary N) is 2. The van der Waals surface area contributed by atoms with Crippen molar-refractivity contribution in [3.8, 4) is 5.75 Å². The molecule has 0 aromatic heterocycles. The first-order chi connectivity index (χ1) is 13.8. The zero-order chi connectivity index (χ0) is 21.0. The fourth-order valence-corrected chi connectivity index (χ4v) is 4.35. The molecule has 2 fully saturated rings. The Morgan fingerprint density at radius 3 is 2.66 bits per heavy atom. The van der Waals surface area contributed by atoms with Crippen LogP contribution in [0.2, 0.25) is 0 Å². The Morgan fingerprint density at radius 1 is 1.28 bits per heavy atom. The van der Waals surface area contributed by atoms with Crippen LogP contribution >= 0.6 is 0 Å². The Morgan fingerprint density at radius 2 is 2.00 bits per heavy atom. The zero-order valence-corrected chi connectivity index (χ0v) is 17.0. The summed E-state index contributed by atoms with van der Waals surface area (Å²) < 4.78 is 28.8. The molecule has 2 aliphatic rings. The van der Waals surface area contributed by atoms with E-state index in [4.69, 9.17) is 0 Å². The minimum Gasteiger partial charge on any atom is -0.435 e. The average molecular weight is 410 g/mol. The number of urea groups is 1. The second-order valence-corrected chi connectivity index (χ2v) is 8.19. The van der Waals surface area contributed by atoms with E-state index in [1.807, 2.05) is 0 Å². The number of benzene rings is 1. The molecule has 0 radical (unpaired) electrons. The topological polar surface area (TPSA) is 63.1 Å². The van der Waals surface area contributed by atoms with Crippen LogP contribution in [0.5, 0.6) is 5.75 Å². The van der Waals surface area contributed by atoms with E-state index in [2.05, 4.69) is 17.0 Å². The lowest BCUT2D eigenvalue weighted by Gasteiger charge is -2.33. The Bertz CT molecular complexity index is 728. The molecule has 8 heteroatoms. The van der Waals surface area contributed by atoms with Gasteiger partial charge in [0.25, 0.3) is 5.91 Å². The number of hydrogen-bond donors (Lipinski definition) is 2. The van der Waals surface area contributed by atoms with E-state index >= 15 is 0 Å². The highest BCUT2D eigenvalue weighted by Crippen LogP contribution is 2.24. The number of quaternary nitrogens is 1. The van der Waals surface area contributed by atoms with Crippen molar-refractivity contribution in [1.82, 2.24) is 10.2 Å². The molecule has 2 heterocycles. The van der Waals surface area contributed by atoms with Gasteiger partial charge in [-0.1, -0.05) is 19.1 Å². The molecule has 29 heavy (non-hydrogen) atoms. The van der Waals surface area contributed by atoms with E-state index in [0.29, 0.717) is 25.6 Å². The molecule has 0 saturated carbocycles. The number of nitrogens with zero attached hydrogens (tertiary/aromatic N) is 1. The molecule has 0 bridgehead atoms. The van der Waals surface area contributed by atoms with Crippen LogP contribution in [0.25, 0.3) is 0 Å². The summed E-state index contributed by atoms with van der Waals surface area (Å²) in [6.07, 6.45) is 5.49. The number of imide groups is 1. The van der Waals surface area contributed by atoms with Crippen LogP contribution in [0, 0.1) is 0 Å². The first kappa shape index (κ1) is 21.5. The van der Waals surface area contributed by atoms with E-state index in [0.717, 1.165) is 31.4 Å². The molecule has 3 rings (SSSR count). The van der Waals surface area contributed by atoms with Gasteiger partial charge in [-0.25, -0.2) is 9.69 Å². The SMILES string of the molecule is CC[C@@H]1CCCC[NH+]1CN1C(=O)N[C@](C)(CCc2ccc(OC(F)F)cc2)C1=O. The lowest BCUT2D eigenvalue weighted by atomic mass is 9.93. The Hall–Kier alpha value is -2.22. The summed E-state index contributed by atoms with van der Waals surface area (Å²) in [5.41, 5.74) is -0.0624. The van der Waals surface area contributed by atoms with Gasteiger partial charge in [-0.2, -0.15) is 8.78 Å². The van der Waals surface area contributed by atoms with Crippen LogP contribution in [0.3, 0.4) is 0 Å². The third-order valence-electron chi connectivity index (χ3n) is 6.14. The first-order valence-electron chi connectivity index (χ1n) is 10.3. The second-order valence-electron chi connectivity index (χ2n) is 8.19. The summed E-state index contributed by atoms with van der Waals surface area (Å²) in [7, 11) is 0. The van der Waals surface area contributed by atoms with Crippen LogP contribution in [0.15, 0.2) is 24.3 Å². The number of rotatable bonds is 8. The second kappa shape index (κ2) is 9.07. The van der Waals surface area contributed by atoms with Crippen LogP contribution in [-0.4, -0.2) is 48.2 Å². The lowest BCUT2D eigenvalue weighted by molar-refractivity contribution is -0.937. The number of ether oxygens (including phenoxy) is 1. The summed E-state index contributed by atoms with van der Waals surface area (Å²) in [6, 6.07) is 6.52. The maximum atomic E-state index is 13.0. The fourth-order valence-electron chi connectivity index (χ4n) is 4.35. The van der Waals surface area contributed by atoms with Crippen LogP contribution < -0.4 is 15.0 Å². The van der Waals surface area contributed by atoms with Gasteiger partial charge >= 0.3 is 12.6 Å². The predicted molar refractivity (Wildman–Crippen MR) is 104 cm³/mol. The van der Waals surface area contributed by atoms with E-state index in [-0.39, 0.29) is 17.7 Å². The Balaban J connectivity index is 1.60. The molecule has 2 saturated heterocycles. The maximum absolute atomic E-state index is 13.0. The number of carbonyl (C=O) groups is 2. The molecular formula is C21H30F2N3O3+. The van der Waals surface area contributed by atoms with Crippen molar-refractivity contribution in [3.05, 3.63) is 29.8 Å². The summed E-state index contributed by atoms with van der Waals surface area (Å²) in [5.74, 6) is -0.0885. The molecular weight excluding hydrogens is 380 g/mol. The Labute approximate surface area is 170 Å². The Kier molecular flexibility index (Phi) is 6.72. The van der Waals surface area contributed by atoms with Gasteiger partial charge in [-0.3, -0.25) is 4.79 Å². The van der Waals surface area contributed by atoms with Crippen molar-refractivity contribution >= 4 is 11.9 Å². The van der Waals surface area contributed by atoms with Gasteiger partial charge < -0.3 is 15.0 Å². The molecule has 2 aliphatic heterocycles. The molecule has 1 unspecified atom stereocenters. The summed E-state index contributed by atoms with van der Waals surface area (Å²) in [5, 5.41) is 2.86. The number of carbonyl (C=O) groups excluding carboxylic acids is 2. The third kappa shape index (κ3) is 5.04. The van der Waals surface area contributed by atoms with Gasteiger partial charge in [0.05, 0.1) is 12.6 Å². The van der Waals surface area contributed by atoms with Crippen molar-refractivity contribution < 1.29 is 28.0 Å². The molecule has 0 spiro atoms. The number of likely N-dealkylation sites (tertiary alicyclic amines) is 1. The third-order valence-corrected chi connectivity index (χ3v) is 6.14. The largest absolute Gasteiger partial charge is 0.435 e. The van der Waals surface area contributed by atoms with Gasteiger partial charge in [0.1, 0.15) is 11.3 Å². The molecule has 3 amide bonds. The van der Waals surface area contributed by atoms with Crippen molar-refractivity contribution in [3.63, 3.8) is 0 Å². The predicted octanol–water partition coefficient (Wildman–Crippen LogP) is 2.34. The number of hydrogen-bond acceptors (Lipinski definition) is 3. The van der Waals surface area contributed by atoms with Gasteiger partial charge in [0.15, 0.2) is 6.67 Å². The number of alkyl halides is 2. The van der Waals surface area contributed by atoms with E-state index in [1.165, 1.54) is 28.4 Å². The fraction of sp³-hybridized carbons (Fsp3) is 0.619. The van der Waals surface area contributed by atoms with Crippen molar-refractivity contribution in [2.45, 2.75) is 70.6 Å². The van der Waals surface area contributed by atoms with E-state index in [9.17, 15) is 18.4 Å². The summed E-state index contributed by atoms with van der Waals surface area (Å²) in [4.78, 5) is 28.2. The molecule has 160 valence electrons. The van der Waals surface area contributed by atoms with Gasteiger partial charge in [0.2, 0.25) is 0 Å². The molecule has 0 aliphatic carbocycles.